The van der Waals surface area contributed by atoms with Crippen LogP contribution in [0.4, 0.5) is 0 Å². The van der Waals surface area contributed by atoms with E-state index in [4.69, 9.17) is 0 Å². The lowest BCUT2D eigenvalue weighted by Crippen LogP contribution is -2.38. The number of hydrogen-bond acceptors (Lipinski definition) is 6. The Morgan fingerprint density at radius 3 is 2.55 bits per heavy atom. The molecule has 3 aromatic rings. The monoisotopic (exact) mass is 447 g/mol. The van der Waals surface area contributed by atoms with Crippen molar-refractivity contribution in [2.75, 3.05) is 26.2 Å². The van der Waals surface area contributed by atoms with Crippen LogP contribution in [0.1, 0.15) is 42.4 Å². The summed E-state index contributed by atoms with van der Waals surface area (Å²) in [4.78, 5) is 38.9. The number of carbonyl (C=O) groups excluding carboxylic acids is 2. The molecule has 172 valence electrons. The van der Waals surface area contributed by atoms with Crippen LogP contribution >= 0.6 is 0 Å². The number of rotatable bonds is 7. The third kappa shape index (κ3) is 3.91. The number of aryl methyl sites for hydroxylation is 2. The van der Waals surface area contributed by atoms with Gasteiger partial charge in [0.25, 0.3) is 11.7 Å². The second kappa shape index (κ2) is 9.15. The highest BCUT2D eigenvalue weighted by molar-refractivity contribution is 6.46. The van der Waals surface area contributed by atoms with Crippen molar-refractivity contribution < 1.29 is 14.7 Å². The number of aliphatic hydroxyl groups excluding tert-OH is 1. The van der Waals surface area contributed by atoms with Gasteiger partial charge in [-0.3, -0.25) is 14.6 Å². The maximum atomic E-state index is 13.2. The summed E-state index contributed by atoms with van der Waals surface area (Å²) in [7, 11) is 0. The summed E-state index contributed by atoms with van der Waals surface area (Å²) >= 11 is 0. The van der Waals surface area contributed by atoms with Crippen LogP contribution in [-0.2, 0) is 9.59 Å². The molecule has 1 amide bonds. The third-order valence-corrected chi connectivity index (χ3v) is 6.40. The maximum absolute atomic E-state index is 13.2. The third-order valence-electron chi connectivity index (χ3n) is 6.40. The van der Waals surface area contributed by atoms with E-state index >= 15 is 0 Å². The Hall–Kier alpha value is -3.52. The van der Waals surface area contributed by atoms with E-state index < -0.39 is 17.7 Å². The van der Waals surface area contributed by atoms with E-state index in [-0.39, 0.29) is 11.3 Å². The standard InChI is InChI=1S/C25H29N5O3/c1-5-28(6-2)13-14-30-21(18-10-7-11-26-15-18)19(23(32)25(30)33)22(31)20-17(4)29-12-8-9-16(3)24(29)27-20/h7-12,15,21,31H,5-6,13-14H2,1-4H3. The van der Waals surface area contributed by atoms with E-state index in [2.05, 4.69) is 28.7 Å². The van der Waals surface area contributed by atoms with Crippen LogP contribution in [0.15, 0.2) is 48.4 Å². The zero-order valence-electron chi connectivity index (χ0n) is 19.4. The fourth-order valence-electron chi connectivity index (χ4n) is 4.46. The molecular weight excluding hydrogens is 418 g/mol. The first kappa shape index (κ1) is 22.7. The lowest BCUT2D eigenvalue weighted by molar-refractivity contribution is -0.140. The lowest BCUT2D eigenvalue weighted by Gasteiger charge is -2.27. The Morgan fingerprint density at radius 1 is 1.15 bits per heavy atom. The molecule has 1 fully saturated rings. The van der Waals surface area contributed by atoms with Crippen molar-refractivity contribution in [3.8, 4) is 0 Å². The largest absolute Gasteiger partial charge is 0.505 e. The zero-order chi connectivity index (χ0) is 23.7. The van der Waals surface area contributed by atoms with Gasteiger partial charge in [-0.05, 0) is 50.2 Å². The molecule has 0 aromatic carbocycles. The number of ketones is 1. The molecule has 1 N–H and O–H groups in total. The highest BCUT2D eigenvalue weighted by Gasteiger charge is 2.46. The Bertz CT molecular complexity index is 1230. The number of aromatic nitrogens is 3. The second-order valence-corrected chi connectivity index (χ2v) is 8.24. The van der Waals surface area contributed by atoms with E-state index in [9.17, 15) is 14.7 Å². The van der Waals surface area contributed by atoms with Gasteiger partial charge in [0.15, 0.2) is 5.76 Å². The first-order valence-corrected chi connectivity index (χ1v) is 11.2. The predicted molar refractivity (Wildman–Crippen MR) is 126 cm³/mol. The number of amides is 1. The number of likely N-dealkylation sites (tertiary alicyclic amines) is 1. The molecule has 0 radical (unpaired) electrons. The summed E-state index contributed by atoms with van der Waals surface area (Å²) in [5.41, 5.74) is 3.38. The smallest absolute Gasteiger partial charge is 0.295 e. The summed E-state index contributed by atoms with van der Waals surface area (Å²) in [6.07, 6.45) is 5.14. The highest BCUT2D eigenvalue weighted by Crippen LogP contribution is 2.39. The van der Waals surface area contributed by atoms with Crippen molar-refractivity contribution >= 4 is 23.1 Å². The lowest BCUT2D eigenvalue weighted by atomic mass is 9.97. The topological polar surface area (TPSA) is 91.0 Å². The fraction of sp³-hybridized carbons (Fsp3) is 0.360. The molecule has 8 nitrogen and oxygen atoms in total. The number of imidazole rings is 1. The molecule has 33 heavy (non-hydrogen) atoms. The number of nitrogens with zero attached hydrogens (tertiary/aromatic N) is 5. The van der Waals surface area contributed by atoms with Crippen LogP contribution in [0.3, 0.4) is 0 Å². The zero-order valence-corrected chi connectivity index (χ0v) is 19.4. The SMILES string of the molecule is CCN(CC)CCN1C(=O)C(=O)C(=C(O)c2nc3c(C)cccn3c2C)C1c1cccnc1. The summed E-state index contributed by atoms with van der Waals surface area (Å²) in [6.45, 7) is 10.6. The summed E-state index contributed by atoms with van der Waals surface area (Å²) < 4.78 is 1.87. The first-order valence-electron chi connectivity index (χ1n) is 11.2. The van der Waals surface area contributed by atoms with E-state index in [0.29, 0.717) is 35.7 Å². The van der Waals surface area contributed by atoms with Gasteiger partial charge in [-0.25, -0.2) is 4.98 Å². The number of aliphatic hydroxyl groups is 1. The molecule has 0 saturated carbocycles. The van der Waals surface area contributed by atoms with Gasteiger partial charge in [-0.1, -0.05) is 26.0 Å². The number of pyridine rings is 2. The van der Waals surface area contributed by atoms with E-state index in [1.807, 2.05) is 42.6 Å². The summed E-state index contributed by atoms with van der Waals surface area (Å²) in [5, 5.41) is 11.4. The second-order valence-electron chi connectivity index (χ2n) is 8.24. The Kier molecular flexibility index (Phi) is 6.29. The quantitative estimate of drug-likeness (QED) is 0.340. The van der Waals surface area contributed by atoms with Crippen LogP contribution in [0.5, 0.6) is 0 Å². The number of fused-ring (bicyclic) bond motifs is 1. The van der Waals surface area contributed by atoms with Crippen molar-refractivity contribution in [1.29, 1.82) is 0 Å². The predicted octanol–water partition coefficient (Wildman–Crippen LogP) is 3.11. The van der Waals surface area contributed by atoms with Crippen LogP contribution < -0.4 is 0 Å². The van der Waals surface area contributed by atoms with Crippen LogP contribution in [-0.4, -0.2) is 67.1 Å². The molecule has 1 saturated heterocycles. The summed E-state index contributed by atoms with van der Waals surface area (Å²) in [5.74, 6) is -1.57. The number of hydrogen-bond donors (Lipinski definition) is 1. The van der Waals surface area contributed by atoms with Crippen molar-refractivity contribution in [1.82, 2.24) is 24.2 Å². The van der Waals surface area contributed by atoms with Crippen LogP contribution in [0.2, 0.25) is 0 Å². The van der Waals surface area contributed by atoms with Gasteiger partial charge in [0.1, 0.15) is 11.3 Å². The summed E-state index contributed by atoms with van der Waals surface area (Å²) in [6, 6.07) is 6.71. The number of likely N-dealkylation sites (N-methyl/N-ethyl adjacent to an activating group) is 1. The highest BCUT2D eigenvalue weighted by atomic mass is 16.3. The van der Waals surface area contributed by atoms with Gasteiger partial charge in [0, 0.05) is 31.7 Å². The average molecular weight is 448 g/mol. The van der Waals surface area contributed by atoms with Gasteiger partial charge in [0.2, 0.25) is 0 Å². The van der Waals surface area contributed by atoms with Gasteiger partial charge in [0.05, 0.1) is 17.3 Å². The minimum absolute atomic E-state index is 0.0525. The van der Waals surface area contributed by atoms with Gasteiger partial charge >= 0.3 is 0 Å². The maximum Gasteiger partial charge on any atom is 0.295 e. The number of Topliss-reactive ketones (excluding diaryl/α,β-unsaturated/α-hetero) is 1. The fourth-order valence-corrected chi connectivity index (χ4v) is 4.46. The van der Waals surface area contributed by atoms with Crippen LogP contribution in [0.25, 0.3) is 11.4 Å². The van der Waals surface area contributed by atoms with Gasteiger partial charge < -0.3 is 19.3 Å². The molecule has 0 bridgehead atoms. The Labute approximate surface area is 193 Å². The molecule has 4 heterocycles. The molecule has 1 aliphatic heterocycles. The minimum atomic E-state index is -0.723. The molecule has 0 spiro atoms. The van der Waals surface area contributed by atoms with Crippen molar-refractivity contribution in [2.45, 2.75) is 33.7 Å². The van der Waals surface area contributed by atoms with Crippen molar-refractivity contribution in [3.05, 3.63) is 70.9 Å². The molecule has 1 unspecified atom stereocenters. The molecule has 0 aliphatic carbocycles. The van der Waals surface area contributed by atoms with Gasteiger partial charge in [-0.15, -0.1) is 0 Å². The number of carbonyl (C=O) groups is 2. The Balaban J connectivity index is 1.86. The molecule has 3 aromatic heterocycles. The van der Waals surface area contributed by atoms with Crippen molar-refractivity contribution in [2.24, 2.45) is 0 Å². The molecule has 4 rings (SSSR count). The van der Waals surface area contributed by atoms with E-state index in [1.54, 1.807) is 23.4 Å². The normalized spacial score (nSPS) is 18.1. The molecule has 1 atom stereocenters. The van der Waals surface area contributed by atoms with Crippen molar-refractivity contribution in [3.63, 3.8) is 0 Å². The van der Waals surface area contributed by atoms with E-state index in [1.165, 1.54) is 0 Å². The molecule has 1 aliphatic rings. The van der Waals surface area contributed by atoms with E-state index in [0.717, 1.165) is 18.7 Å². The Morgan fingerprint density at radius 2 is 1.91 bits per heavy atom. The molecule has 8 heteroatoms. The first-order chi connectivity index (χ1) is 15.9. The van der Waals surface area contributed by atoms with Gasteiger partial charge in [-0.2, -0.15) is 0 Å². The average Bonchev–Trinajstić information content (AvgIpc) is 3.30. The van der Waals surface area contributed by atoms with Crippen LogP contribution in [0, 0.1) is 13.8 Å². The minimum Gasteiger partial charge on any atom is -0.505 e. The molecular formula is C25H29N5O3.